The molecule has 0 aliphatic heterocycles. The first-order valence-electron chi connectivity index (χ1n) is 19.8. The van der Waals surface area contributed by atoms with E-state index in [-0.39, 0.29) is 10.3 Å². The molecular weight excluding hydrogens is 769 g/mol. The van der Waals surface area contributed by atoms with E-state index in [2.05, 4.69) is 125 Å². The molecule has 0 aliphatic rings. The van der Waals surface area contributed by atoms with Crippen molar-refractivity contribution in [2.24, 2.45) is 0 Å². The predicted octanol–water partition coefficient (Wildman–Crippen LogP) is 11.0. The number of benzene rings is 6. The van der Waals surface area contributed by atoms with Gasteiger partial charge in [-0.15, -0.1) is 0 Å². The summed E-state index contributed by atoms with van der Waals surface area (Å²) in [6.07, 6.45) is 0. The molecule has 11 nitrogen and oxygen atoms in total. The number of aromatic amines is 4. The van der Waals surface area contributed by atoms with Gasteiger partial charge in [-0.25, -0.2) is 19.9 Å². The number of fused-ring (bicyclic) bond motifs is 4. The molecule has 4 aromatic heterocycles. The number of aromatic nitrogens is 8. The first-order chi connectivity index (χ1) is 28.6. The van der Waals surface area contributed by atoms with Crippen LogP contribution in [0.1, 0.15) is 50.5 Å². The lowest BCUT2D eigenvalue weighted by atomic mass is 9.63. The maximum atomic E-state index is 11.9. The SMILES string of the molecule is Cc1cc(-c2nc3ccc(-c4ccc5nc(C(C)(C)C(C)(C)c6cccc(-c7nc8ccc(-c9ccc%10nc(C)[nH]c%10c9)cc8[nH]7)c6)[nH]c5c4)cc3[nH]2)cc(S(=O)(=O)O)c1. The fourth-order valence-electron chi connectivity index (χ4n) is 8.20. The zero-order valence-electron chi connectivity index (χ0n) is 33.9. The molecule has 0 bridgehead atoms. The summed E-state index contributed by atoms with van der Waals surface area (Å²) in [4.78, 5) is 33.2. The number of imidazole rings is 4. The zero-order chi connectivity index (χ0) is 41.7. The van der Waals surface area contributed by atoms with Crippen LogP contribution in [0.25, 0.3) is 89.2 Å². The van der Waals surface area contributed by atoms with Crippen molar-refractivity contribution in [3.8, 4) is 45.0 Å². The van der Waals surface area contributed by atoms with Crippen molar-refractivity contribution in [2.45, 2.75) is 57.3 Å². The predicted molar refractivity (Wildman–Crippen MR) is 239 cm³/mol. The van der Waals surface area contributed by atoms with Crippen LogP contribution in [0.15, 0.2) is 120 Å². The van der Waals surface area contributed by atoms with Crippen LogP contribution in [0.2, 0.25) is 0 Å². The molecule has 4 heterocycles. The molecule has 0 amide bonds. The van der Waals surface area contributed by atoms with Gasteiger partial charge in [0.05, 0.1) is 49.0 Å². The summed E-state index contributed by atoms with van der Waals surface area (Å²) in [6.45, 7) is 12.7. The van der Waals surface area contributed by atoms with Crippen LogP contribution >= 0.6 is 0 Å². The largest absolute Gasteiger partial charge is 0.342 e. The van der Waals surface area contributed by atoms with E-state index in [4.69, 9.17) is 15.0 Å². The number of aryl methyl sites for hydroxylation is 2. The first-order valence-corrected chi connectivity index (χ1v) is 21.2. The summed E-state index contributed by atoms with van der Waals surface area (Å²) in [6, 6.07) is 38.2. The van der Waals surface area contributed by atoms with Gasteiger partial charge in [0, 0.05) is 22.0 Å². The van der Waals surface area contributed by atoms with Gasteiger partial charge in [0.25, 0.3) is 10.1 Å². The first kappa shape index (κ1) is 37.4. The monoisotopic (exact) mass is 810 g/mol. The van der Waals surface area contributed by atoms with E-state index in [1.165, 1.54) is 17.7 Å². The number of nitrogens with zero attached hydrogens (tertiary/aromatic N) is 4. The number of hydrogen-bond acceptors (Lipinski definition) is 6. The molecule has 0 unspecified atom stereocenters. The fraction of sp³-hybridized carbons (Fsp3) is 0.167. The molecule has 12 heteroatoms. The van der Waals surface area contributed by atoms with Crippen LogP contribution in [-0.4, -0.2) is 52.8 Å². The molecule has 10 rings (SSSR count). The van der Waals surface area contributed by atoms with Crippen molar-refractivity contribution in [3.05, 3.63) is 138 Å². The Bertz CT molecular complexity index is 3460. The Morgan fingerprint density at radius 1 is 0.483 bits per heavy atom. The Labute approximate surface area is 346 Å². The standard InChI is InChI=1S/C48H42N8O3S/c1-26-18-33(21-35(19-26)60(57,58)59)45-52-38-16-12-30(24-42(38)54-45)31-13-17-39-43(25-31)56-46(55-39)48(5,6)47(3,4)34-9-7-8-32(20-34)44-51-37-15-11-29(23-41(37)53-44)28-10-14-36-40(22-28)50-27(2)49-36/h7-25H,1-6H3,(H,49,50)(H,51,53)(H,52,54)(H,55,56)(H,57,58,59). The number of nitrogens with one attached hydrogen (secondary N) is 4. The van der Waals surface area contributed by atoms with Crippen molar-refractivity contribution < 1.29 is 13.0 Å². The summed E-state index contributed by atoms with van der Waals surface area (Å²) < 4.78 is 33.4. The molecule has 0 aliphatic carbocycles. The van der Waals surface area contributed by atoms with Crippen molar-refractivity contribution >= 4 is 54.3 Å². The third-order valence-electron chi connectivity index (χ3n) is 12.3. The van der Waals surface area contributed by atoms with Gasteiger partial charge in [0.15, 0.2) is 0 Å². The lowest BCUT2D eigenvalue weighted by Gasteiger charge is -2.41. The summed E-state index contributed by atoms with van der Waals surface area (Å²) in [7, 11) is -4.36. The smallest absolute Gasteiger partial charge is 0.294 e. The van der Waals surface area contributed by atoms with Crippen molar-refractivity contribution in [1.82, 2.24) is 39.9 Å². The van der Waals surface area contributed by atoms with Gasteiger partial charge >= 0.3 is 0 Å². The molecule has 0 fully saturated rings. The number of hydrogen-bond donors (Lipinski definition) is 5. The Balaban J connectivity index is 0.923. The number of rotatable bonds is 8. The highest BCUT2D eigenvalue weighted by atomic mass is 32.2. The maximum Gasteiger partial charge on any atom is 0.294 e. The Morgan fingerprint density at radius 3 is 1.55 bits per heavy atom. The van der Waals surface area contributed by atoms with Gasteiger partial charge in [0.2, 0.25) is 0 Å². The average molecular weight is 811 g/mol. The van der Waals surface area contributed by atoms with E-state index in [1.807, 2.05) is 37.3 Å². The van der Waals surface area contributed by atoms with Crippen LogP contribution in [0.4, 0.5) is 0 Å². The highest BCUT2D eigenvalue weighted by Crippen LogP contribution is 2.44. The molecule has 10 aromatic rings. The van der Waals surface area contributed by atoms with E-state index < -0.39 is 15.5 Å². The highest BCUT2D eigenvalue weighted by Gasteiger charge is 2.42. The van der Waals surface area contributed by atoms with E-state index in [0.717, 1.165) is 89.4 Å². The van der Waals surface area contributed by atoms with Crippen LogP contribution in [-0.2, 0) is 20.9 Å². The normalized spacial score (nSPS) is 12.7. The van der Waals surface area contributed by atoms with E-state index in [1.54, 1.807) is 6.92 Å². The van der Waals surface area contributed by atoms with E-state index in [0.29, 0.717) is 17.0 Å². The second-order valence-corrected chi connectivity index (χ2v) is 18.3. The average Bonchev–Trinajstić information content (AvgIpc) is 4.03. The topological polar surface area (TPSA) is 169 Å². The van der Waals surface area contributed by atoms with Crippen molar-refractivity contribution in [3.63, 3.8) is 0 Å². The lowest BCUT2D eigenvalue weighted by molar-refractivity contribution is 0.290. The van der Waals surface area contributed by atoms with E-state index >= 15 is 0 Å². The van der Waals surface area contributed by atoms with Crippen LogP contribution in [0.3, 0.4) is 0 Å². The van der Waals surface area contributed by atoms with Gasteiger partial charge in [-0.05, 0) is 120 Å². The third-order valence-corrected chi connectivity index (χ3v) is 13.2. The minimum atomic E-state index is -4.36. The molecule has 0 atom stereocenters. The minimum Gasteiger partial charge on any atom is -0.342 e. The summed E-state index contributed by atoms with van der Waals surface area (Å²) in [5.74, 6) is 3.13. The quantitative estimate of drug-likeness (QED) is 0.0951. The Kier molecular flexibility index (Phi) is 8.30. The Morgan fingerprint density at radius 2 is 0.983 bits per heavy atom. The molecule has 0 saturated heterocycles. The maximum absolute atomic E-state index is 11.9. The van der Waals surface area contributed by atoms with Crippen LogP contribution in [0.5, 0.6) is 0 Å². The van der Waals surface area contributed by atoms with Gasteiger partial charge in [0.1, 0.15) is 23.3 Å². The molecule has 298 valence electrons. The Hall–Kier alpha value is -6.89. The summed E-state index contributed by atoms with van der Waals surface area (Å²) in [5, 5.41) is 0. The van der Waals surface area contributed by atoms with Gasteiger partial charge in [-0.3, -0.25) is 4.55 Å². The number of H-pyrrole nitrogens is 4. The molecule has 6 aromatic carbocycles. The molecule has 0 saturated carbocycles. The minimum absolute atomic E-state index is 0.167. The van der Waals surface area contributed by atoms with Gasteiger partial charge in [-0.1, -0.05) is 70.2 Å². The zero-order valence-corrected chi connectivity index (χ0v) is 34.7. The summed E-state index contributed by atoms with van der Waals surface area (Å²) in [5.41, 5.74) is 14.2. The van der Waals surface area contributed by atoms with Gasteiger partial charge in [-0.2, -0.15) is 8.42 Å². The van der Waals surface area contributed by atoms with Crippen molar-refractivity contribution in [2.75, 3.05) is 0 Å². The summed E-state index contributed by atoms with van der Waals surface area (Å²) >= 11 is 0. The highest BCUT2D eigenvalue weighted by molar-refractivity contribution is 7.85. The molecule has 0 spiro atoms. The van der Waals surface area contributed by atoms with Crippen LogP contribution in [0, 0.1) is 13.8 Å². The van der Waals surface area contributed by atoms with Crippen LogP contribution < -0.4 is 0 Å². The second-order valence-electron chi connectivity index (χ2n) is 16.8. The molecule has 60 heavy (non-hydrogen) atoms. The molecular formula is C48H42N8O3S. The molecule has 0 radical (unpaired) electrons. The third kappa shape index (κ3) is 6.35. The lowest BCUT2D eigenvalue weighted by Crippen LogP contribution is -2.41. The molecule has 5 N–H and O–H groups in total. The van der Waals surface area contributed by atoms with E-state index in [9.17, 15) is 13.0 Å². The fourth-order valence-corrected chi connectivity index (χ4v) is 8.81. The van der Waals surface area contributed by atoms with Crippen molar-refractivity contribution in [1.29, 1.82) is 0 Å². The van der Waals surface area contributed by atoms with Gasteiger partial charge < -0.3 is 19.9 Å². The second kappa shape index (κ2) is 13.3.